The van der Waals surface area contributed by atoms with E-state index in [1.807, 2.05) is 36.9 Å². The van der Waals surface area contributed by atoms with Crippen molar-refractivity contribution in [3.05, 3.63) is 29.3 Å². The van der Waals surface area contributed by atoms with E-state index in [9.17, 15) is 9.59 Å². The van der Waals surface area contributed by atoms with Crippen LogP contribution in [0.5, 0.6) is 0 Å². The number of likely N-dealkylation sites (tertiary alicyclic amines) is 1. The molecule has 2 fully saturated rings. The van der Waals surface area contributed by atoms with Crippen LogP contribution >= 0.6 is 0 Å². The molecule has 1 aromatic carbocycles. The Kier molecular flexibility index (Phi) is 7.30. The SMILES string of the molecule is Cc1cccc(C)c1NC(=O)CN1CCN(C(=O)CN2C[C@H](C)C[C@@H](C)C2)CC1. The van der Waals surface area contributed by atoms with Gasteiger partial charge in [-0.15, -0.1) is 0 Å². The first-order valence-electron chi connectivity index (χ1n) is 10.9. The zero-order valence-corrected chi connectivity index (χ0v) is 18.4. The summed E-state index contributed by atoms with van der Waals surface area (Å²) in [6.45, 7) is 14.4. The first-order chi connectivity index (χ1) is 13.8. The van der Waals surface area contributed by atoms with Crippen LogP contribution in [0.25, 0.3) is 0 Å². The third kappa shape index (κ3) is 6.03. The molecule has 0 radical (unpaired) electrons. The van der Waals surface area contributed by atoms with Gasteiger partial charge in [-0.1, -0.05) is 32.0 Å². The number of hydrogen-bond acceptors (Lipinski definition) is 4. The number of carbonyl (C=O) groups excluding carboxylic acids is 2. The van der Waals surface area contributed by atoms with E-state index in [0.717, 1.165) is 43.0 Å². The summed E-state index contributed by atoms with van der Waals surface area (Å²) in [5.74, 6) is 1.57. The molecule has 2 amide bonds. The molecule has 1 N–H and O–H groups in total. The van der Waals surface area contributed by atoms with Crippen LogP contribution in [0.4, 0.5) is 5.69 Å². The van der Waals surface area contributed by atoms with E-state index in [-0.39, 0.29) is 11.8 Å². The number of rotatable bonds is 5. The summed E-state index contributed by atoms with van der Waals surface area (Å²) < 4.78 is 0. The maximum Gasteiger partial charge on any atom is 0.238 e. The van der Waals surface area contributed by atoms with Crippen LogP contribution in [0.1, 0.15) is 31.4 Å². The molecule has 0 unspecified atom stereocenters. The van der Waals surface area contributed by atoms with Crippen molar-refractivity contribution in [1.82, 2.24) is 14.7 Å². The molecule has 0 bridgehead atoms. The van der Waals surface area contributed by atoms with Crippen LogP contribution < -0.4 is 5.32 Å². The van der Waals surface area contributed by atoms with Gasteiger partial charge in [0.05, 0.1) is 13.1 Å². The van der Waals surface area contributed by atoms with E-state index < -0.39 is 0 Å². The predicted molar refractivity (Wildman–Crippen MR) is 117 cm³/mol. The number of piperazine rings is 1. The third-order valence-electron chi connectivity index (χ3n) is 6.14. The quantitative estimate of drug-likeness (QED) is 0.824. The Morgan fingerprint density at radius 1 is 0.931 bits per heavy atom. The van der Waals surface area contributed by atoms with Gasteiger partial charge in [0.1, 0.15) is 0 Å². The maximum absolute atomic E-state index is 12.7. The van der Waals surface area contributed by atoms with Crippen LogP contribution in [0.3, 0.4) is 0 Å². The minimum Gasteiger partial charge on any atom is -0.339 e. The van der Waals surface area contributed by atoms with E-state index in [4.69, 9.17) is 0 Å². The predicted octanol–water partition coefficient (Wildman–Crippen LogP) is 2.36. The van der Waals surface area contributed by atoms with Gasteiger partial charge >= 0.3 is 0 Å². The van der Waals surface area contributed by atoms with Crippen LogP contribution in [-0.4, -0.2) is 78.9 Å². The number of hydrogen-bond donors (Lipinski definition) is 1. The molecule has 1 aromatic rings. The Hall–Kier alpha value is -1.92. The van der Waals surface area contributed by atoms with Crippen LogP contribution in [0.15, 0.2) is 18.2 Å². The molecule has 0 saturated carbocycles. The Morgan fingerprint density at radius 2 is 1.52 bits per heavy atom. The molecule has 0 aromatic heterocycles. The molecule has 6 nitrogen and oxygen atoms in total. The first-order valence-corrected chi connectivity index (χ1v) is 10.9. The number of piperidine rings is 1. The number of aryl methyl sites for hydroxylation is 2. The summed E-state index contributed by atoms with van der Waals surface area (Å²) in [6.07, 6.45) is 1.26. The van der Waals surface area contributed by atoms with Crippen molar-refractivity contribution in [3.63, 3.8) is 0 Å². The van der Waals surface area contributed by atoms with Gasteiger partial charge in [0.15, 0.2) is 0 Å². The molecule has 6 heteroatoms. The highest BCUT2D eigenvalue weighted by molar-refractivity contribution is 5.93. The summed E-state index contributed by atoms with van der Waals surface area (Å²) in [6, 6.07) is 6.02. The summed E-state index contributed by atoms with van der Waals surface area (Å²) in [5, 5.41) is 3.05. The van der Waals surface area contributed by atoms with Gasteiger partial charge in [0.2, 0.25) is 11.8 Å². The molecule has 3 rings (SSSR count). The highest BCUT2D eigenvalue weighted by Gasteiger charge is 2.27. The molecular formula is C23H36N4O2. The molecule has 2 saturated heterocycles. The van der Waals surface area contributed by atoms with E-state index in [1.54, 1.807) is 0 Å². The standard InChI is InChI=1S/C23H36N4O2/c1-17-12-18(2)14-26(13-17)16-22(29)27-10-8-25(9-11-27)15-21(28)24-23-19(3)6-5-7-20(23)4/h5-7,17-18H,8-16H2,1-4H3,(H,24,28)/t17-,18-/m1/s1. The average Bonchev–Trinajstić information content (AvgIpc) is 2.64. The largest absolute Gasteiger partial charge is 0.339 e. The first kappa shape index (κ1) is 21.8. The van der Waals surface area contributed by atoms with E-state index in [1.165, 1.54) is 6.42 Å². The monoisotopic (exact) mass is 400 g/mol. The second kappa shape index (κ2) is 9.72. The van der Waals surface area contributed by atoms with Crippen molar-refractivity contribution < 1.29 is 9.59 Å². The number of anilines is 1. The lowest BCUT2D eigenvalue weighted by atomic mass is 9.92. The van der Waals surface area contributed by atoms with Gasteiger partial charge in [-0.05, 0) is 43.2 Å². The van der Waals surface area contributed by atoms with Gasteiger partial charge in [-0.3, -0.25) is 19.4 Å². The average molecular weight is 401 g/mol. The van der Waals surface area contributed by atoms with E-state index in [0.29, 0.717) is 38.0 Å². The summed E-state index contributed by atoms with van der Waals surface area (Å²) in [5.41, 5.74) is 3.07. The third-order valence-corrected chi connectivity index (χ3v) is 6.14. The molecule has 29 heavy (non-hydrogen) atoms. The van der Waals surface area contributed by atoms with Crippen LogP contribution in [0, 0.1) is 25.7 Å². The molecule has 160 valence electrons. The van der Waals surface area contributed by atoms with Gasteiger partial charge in [-0.2, -0.15) is 0 Å². The lowest BCUT2D eigenvalue weighted by Crippen LogP contribution is -2.53. The van der Waals surface area contributed by atoms with E-state index in [2.05, 4.69) is 29.0 Å². The van der Waals surface area contributed by atoms with Crippen molar-refractivity contribution in [3.8, 4) is 0 Å². The molecule has 0 spiro atoms. The second-order valence-electron chi connectivity index (χ2n) is 9.11. The number of nitrogens with zero attached hydrogens (tertiary/aromatic N) is 3. The zero-order chi connectivity index (χ0) is 21.0. The minimum atomic E-state index is 0.0125. The van der Waals surface area contributed by atoms with Gasteiger partial charge in [0, 0.05) is 45.0 Å². The molecule has 2 aliphatic rings. The lowest BCUT2D eigenvalue weighted by molar-refractivity contribution is -0.135. The Bertz CT molecular complexity index is 697. The molecule has 2 heterocycles. The topological polar surface area (TPSA) is 55.9 Å². The zero-order valence-electron chi connectivity index (χ0n) is 18.4. The van der Waals surface area contributed by atoms with Crippen molar-refractivity contribution in [1.29, 1.82) is 0 Å². The van der Waals surface area contributed by atoms with Crippen LogP contribution in [0.2, 0.25) is 0 Å². The molecule has 0 aliphatic carbocycles. The fourth-order valence-electron chi connectivity index (χ4n) is 4.76. The summed E-state index contributed by atoms with van der Waals surface area (Å²) in [7, 11) is 0. The number of nitrogens with one attached hydrogen (secondary N) is 1. The fraction of sp³-hybridized carbons (Fsp3) is 0.652. The van der Waals surface area contributed by atoms with Crippen molar-refractivity contribution >= 4 is 17.5 Å². The number of benzene rings is 1. The van der Waals surface area contributed by atoms with Crippen molar-refractivity contribution in [2.45, 2.75) is 34.1 Å². The highest BCUT2D eigenvalue weighted by atomic mass is 16.2. The highest BCUT2D eigenvalue weighted by Crippen LogP contribution is 2.21. The summed E-state index contributed by atoms with van der Waals surface area (Å²) in [4.78, 5) is 31.6. The lowest BCUT2D eigenvalue weighted by Gasteiger charge is -2.38. The fourth-order valence-corrected chi connectivity index (χ4v) is 4.76. The normalized spacial score (nSPS) is 23.8. The van der Waals surface area contributed by atoms with Gasteiger partial charge in [0.25, 0.3) is 0 Å². The summed E-state index contributed by atoms with van der Waals surface area (Å²) >= 11 is 0. The smallest absolute Gasteiger partial charge is 0.238 e. The Morgan fingerprint density at radius 3 is 2.10 bits per heavy atom. The number of carbonyl (C=O) groups is 2. The van der Waals surface area contributed by atoms with Gasteiger partial charge < -0.3 is 10.2 Å². The number of amides is 2. The second-order valence-corrected chi connectivity index (χ2v) is 9.11. The molecule has 2 atom stereocenters. The van der Waals surface area contributed by atoms with Crippen molar-refractivity contribution in [2.24, 2.45) is 11.8 Å². The Labute approximate surface area is 175 Å². The van der Waals surface area contributed by atoms with Gasteiger partial charge in [-0.25, -0.2) is 0 Å². The van der Waals surface area contributed by atoms with Crippen molar-refractivity contribution in [2.75, 3.05) is 57.7 Å². The maximum atomic E-state index is 12.7. The molecular weight excluding hydrogens is 364 g/mol. The van der Waals surface area contributed by atoms with Crippen LogP contribution in [-0.2, 0) is 9.59 Å². The van der Waals surface area contributed by atoms with E-state index >= 15 is 0 Å². The Balaban J connectivity index is 1.43. The molecule has 2 aliphatic heterocycles. The number of para-hydroxylation sites is 1. The minimum absolute atomic E-state index is 0.0125.